The summed E-state index contributed by atoms with van der Waals surface area (Å²) in [5.41, 5.74) is 1.74. The molecule has 0 atom stereocenters. The van der Waals surface area contributed by atoms with Crippen LogP contribution in [0.4, 0.5) is 0 Å². The van der Waals surface area contributed by atoms with Gasteiger partial charge in [-0.05, 0) is 28.9 Å². The summed E-state index contributed by atoms with van der Waals surface area (Å²) in [4.78, 5) is 17.9. The highest BCUT2D eigenvalue weighted by Gasteiger charge is 2.13. The Kier molecular flexibility index (Phi) is 2.03. The number of carbonyl (C=O) groups is 1. The third-order valence-corrected chi connectivity index (χ3v) is 2.45. The van der Waals surface area contributed by atoms with Gasteiger partial charge in [0.05, 0.1) is 11.1 Å². The van der Waals surface area contributed by atoms with Gasteiger partial charge >= 0.3 is 5.97 Å². The first-order valence-electron chi connectivity index (χ1n) is 3.97. The summed E-state index contributed by atoms with van der Waals surface area (Å²) >= 11 is 3.25. The zero-order chi connectivity index (χ0) is 10.3. The number of aromatic nitrogens is 2. The van der Waals surface area contributed by atoms with Gasteiger partial charge in [-0.1, -0.05) is 0 Å². The van der Waals surface area contributed by atoms with Crippen molar-refractivity contribution in [2.45, 2.75) is 6.92 Å². The number of aryl methyl sites for hydroxylation is 1. The van der Waals surface area contributed by atoms with Crippen molar-refractivity contribution in [2.75, 3.05) is 0 Å². The normalized spacial score (nSPS) is 10.7. The quantitative estimate of drug-likeness (QED) is 0.768. The van der Waals surface area contributed by atoms with Crippen LogP contribution in [0.5, 0.6) is 0 Å². The van der Waals surface area contributed by atoms with Gasteiger partial charge in [0.15, 0.2) is 0 Å². The van der Waals surface area contributed by atoms with Gasteiger partial charge < -0.3 is 10.1 Å². The third kappa shape index (κ3) is 1.29. The number of aromatic carboxylic acids is 1. The zero-order valence-electron chi connectivity index (χ0n) is 7.34. The monoisotopic (exact) mass is 254 g/mol. The van der Waals surface area contributed by atoms with Crippen molar-refractivity contribution >= 4 is 32.8 Å². The molecule has 0 saturated heterocycles. The Hall–Kier alpha value is -1.36. The molecule has 0 bridgehead atoms. The minimum Gasteiger partial charge on any atom is -0.478 e. The summed E-state index contributed by atoms with van der Waals surface area (Å²) < 4.78 is 0.696. The largest absolute Gasteiger partial charge is 0.478 e. The number of H-pyrrole nitrogens is 1. The molecule has 0 aliphatic heterocycles. The van der Waals surface area contributed by atoms with Crippen molar-refractivity contribution in [2.24, 2.45) is 0 Å². The average Bonchev–Trinajstić information content (AvgIpc) is 2.47. The molecule has 72 valence electrons. The molecule has 2 aromatic heterocycles. The predicted octanol–water partition coefficient (Wildman–Crippen LogP) is 2.33. The minimum atomic E-state index is -0.941. The predicted molar refractivity (Wildman–Crippen MR) is 55.5 cm³/mol. The number of hydrogen-bond donors (Lipinski definition) is 2. The van der Waals surface area contributed by atoms with Gasteiger partial charge in [-0.2, -0.15) is 0 Å². The van der Waals surface area contributed by atoms with Crippen LogP contribution in [0.25, 0.3) is 10.9 Å². The van der Waals surface area contributed by atoms with Crippen LogP contribution in [-0.4, -0.2) is 21.0 Å². The number of nitrogens with zero attached hydrogens (tertiary/aromatic N) is 1. The molecule has 0 unspecified atom stereocenters. The molecule has 2 heterocycles. The first-order chi connectivity index (χ1) is 6.59. The Balaban J connectivity index is 2.85. The summed E-state index contributed by atoms with van der Waals surface area (Å²) in [5.74, 6) is -0.941. The third-order valence-electron chi connectivity index (χ3n) is 2.04. The molecule has 0 fully saturated rings. The lowest BCUT2D eigenvalue weighted by atomic mass is 10.1. The van der Waals surface area contributed by atoms with Gasteiger partial charge in [0.25, 0.3) is 0 Å². The second-order valence-electron chi connectivity index (χ2n) is 2.96. The molecule has 4 nitrogen and oxygen atoms in total. The fourth-order valence-corrected chi connectivity index (χ4v) is 1.97. The van der Waals surface area contributed by atoms with E-state index in [4.69, 9.17) is 5.11 Å². The zero-order valence-corrected chi connectivity index (χ0v) is 8.92. The lowest BCUT2D eigenvalue weighted by Crippen LogP contribution is -1.95. The lowest BCUT2D eigenvalue weighted by Gasteiger charge is -1.98. The first-order valence-corrected chi connectivity index (χ1v) is 4.76. The molecule has 0 spiro atoms. The molecule has 0 amide bonds. The number of carboxylic acid groups (broad SMARTS) is 1. The molecule has 2 aromatic rings. The minimum absolute atomic E-state index is 0.262. The van der Waals surface area contributed by atoms with Crippen LogP contribution in [0.3, 0.4) is 0 Å². The van der Waals surface area contributed by atoms with Crippen LogP contribution in [-0.2, 0) is 0 Å². The number of nitrogens with one attached hydrogen (secondary N) is 1. The molecule has 0 aliphatic rings. The van der Waals surface area contributed by atoms with Crippen molar-refractivity contribution < 1.29 is 9.90 Å². The molecule has 5 heteroatoms. The molecule has 2 N–H and O–H groups in total. The van der Waals surface area contributed by atoms with Gasteiger partial charge in [0.2, 0.25) is 0 Å². The Morgan fingerprint density at radius 3 is 3.00 bits per heavy atom. The molecule has 0 aromatic carbocycles. The average molecular weight is 255 g/mol. The molecule has 0 aliphatic carbocycles. The lowest BCUT2D eigenvalue weighted by molar-refractivity contribution is 0.0699. The van der Waals surface area contributed by atoms with Crippen LogP contribution in [0.1, 0.15) is 16.1 Å². The van der Waals surface area contributed by atoms with Crippen LogP contribution >= 0.6 is 15.9 Å². The summed E-state index contributed by atoms with van der Waals surface area (Å²) in [6, 6.07) is 1.76. The number of aromatic amines is 1. The number of fused-ring (bicyclic) bond motifs is 1. The van der Waals surface area contributed by atoms with E-state index in [1.807, 2.05) is 0 Å². The SMILES string of the molecule is Cc1nc(Br)cc2[nH]cc(C(=O)O)c12. The van der Waals surface area contributed by atoms with Crippen LogP contribution < -0.4 is 0 Å². The van der Waals surface area contributed by atoms with Gasteiger partial charge in [-0.15, -0.1) is 0 Å². The second-order valence-corrected chi connectivity index (χ2v) is 3.77. The Bertz CT molecular complexity index is 519. The van der Waals surface area contributed by atoms with Crippen LogP contribution in [0, 0.1) is 6.92 Å². The van der Waals surface area contributed by atoms with Gasteiger partial charge in [-0.25, -0.2) is 9.78 Å². The fourth-order valence-electron chi connectivity index (χ4n) is 1.48. The maximum Gasteiger partial charge on any atom is 0.337 e. The van der Waals surface area contributed by atoms with E-state index in [0.29, 0.717) is 15.7 Å². The van der Waals surface area contributed by atoms with Crippen molar-refractivity contribution in [1.29, 1.82) is 0 Å². The van der Waals surface area contributed by atoms with E-state index in [1.54, 1.807) is 13.0 Å². The highest BCUT2D eigenvalue weighted by molar-refractivity contribution is 9.10. The van der Waals surface area contributed by atoms with Crippen molar-refractivity contribution in [1.82, 2.24) is 9.97 Å². The summed E-state index contributed by atoms with van der Waals surface area (Å²) in [7, 11) is 0. The smallest absolute Gasteiger partial charge is 0.337 e. The van der Waals surface area contributed by atoms with Crippen molar-refractivity contribution in [3.8, 4) is 0 Å². The first kappa shape index (κ1) is 9.21. The second kappa shape index (κ2) is 3.09. The van der Waals surface area contributed by atoms with E-state index < -0.39 is 5.97 Å². The number of hydrogen-bond acceptors (Lipinski definition) is 2. The summed E-state index contributed by atoms with van der Waals surface area (Å²) in [6.07, 6.45) is 1.48. The van der Waals surface area contributed by atoms with E-state index in [-0.39, 0.29) is 5.56 Å². The molecule has 0 saturated carbocycles. The number of carboxylic acids is 1. The van der Waals surface area contributed by atoms with Crippen molar-refractivity contribution in [3.05, 3.63) is 28.1 Å². The Labute approximate surface area is 88.1 Å². The van der Waals surface area contributed by atoms with Gasteiger partial charge in [0, 0.05) is 17.3 Å². The van der Waals surface area contributed by atoms with E-state index in [9.17, 15) is 4.79 Å². The highest BCUT2D eigenvalue weighted by Crippen LogP contribution is 2.23. The maximum absolute atomic E-state index is 10.9. The van der Waals surface area contributed by atoms with Gasteiger partial charge in [0.1, 0.15) is 4.60 Å². The summed E-state index contributed by atoms with van der Waals surface area (Å²) in [6.45, 7) is 1.79. The maximum atomic E-state index is 10.9. The fraction of sp³-hybridized carbons (Fsp3) is 0.111. The van der Waals surface area contributed by atoms with E-state index in [0.717, 1.165) is 5.52 Å². The number of pyridine rings is 1. The molecular formula is C9H7BrN2O2. The number of rotatable bonds is 1. The molecular weight excluding hydrogens is 248 g/mol. The Morgan fingerprint density at radius 1 is 1.64 bits per heavy atom. The van der Waals surface area contributed by atoms with Gasteiger partial charge in [-0.3, -0.25) is 0 Å². The van der Waals surface area contributed by atoms with Crippen molar-refractivity contribution in [3.63, 3.8) is 0 Å². The molecule has 14 heavy (non-hydrogen) atoms. The molecule has 2 rings (SSSR count). The molecule has 0 radical (unpaired) electrons. The highest BCUT2D eigenvalue weighted by atomic mass is 79.9. The summed E-state index contributed by atoms with van der Waals surface area (Å²) in [5, 5.41) is 9.57. The van der Waals surface area contributed by atoms with Crippen LogP contribution in [0.15, 0.2) is 16.9 Å². The topological polar surface area (TPSA) is 66.0 Å². The van der Waals surface area contributed by atoms with E-state index in [1.165, 1.54) is 6.20 Å². The standard InChI is InChI=1S/C9H7BrN2O2/c1-4-8-5(9(13)14)3-11-6(8)2-7(10)12-4/h2-3,11H,1H3,(H,13,14). The number of halogens is 1. The van der Waals surface area contributed by atoms with Crippen LogP contribution in [0.2, 0.25) is 0 Å². The van der Waals surface area contributed by atoms with E-state index >= 15 is 0 Å². The Morgan fingerprint density at radius 2 is 2.36 bits per heavy atom. The van der Waals surface area contributed by atoms with E-state index in [2.05, 4.69) is 25.9 Å².